The van der Waals surface area contributed by atoms with Gasteiger partial charge in [0.05, 0.1) is 0 Å². The lowest BCUT2D eigenvalue weighted by atomic mass is 10.2. The van der Waals surface area contributed by atoms with Crippen LogP contribution in [0, 0.1) is 0 Å². The molecule has 3 aromatic rings. The van der Waals surface area contributed by atoms with Crippen molar-refractivity contribution < 1.29 is 47.7 Å². The highest BCUT2D eigenvalue weighted by molar-refractivity contribution is 7.95. The third-order valence-corrected chi connectivity index (χ3v) is 12.2. The molecule has 39 heavy (non-hydrogen) atoms. The van der Waals surface area contributed by atoms with Crippen LogP contribution in [0.4, 0.5) is 26.3 Å². The standard InChI is InChI=1S/C23H23F6N2O5PS2/c1-31-19(30-20(38(33,34)22(24,25)26)21(31)39(35,36)23(27,28)29)14-8-9-15-37(32,18-12-6-3-7-13-18)16-17-10-4-2-5-11-17/h2-7,10-13H,8-9,14-16H2,1H3. The Labute approximate surface area is 221 Å². The second kappa shape index (κ2) is 11.1. The average molecular weight is 617 g/mol. The van der Waals surface area contributed by atoms with Crippen LogP contribution < -0.4 is 5.30 Å². The molecule has 7 nitrogen and oxygen atoms in total. The van der Waals surface area contributed by atoms with Gasteiger partial charge >= 0.3 is 11.0 Å². The van der Waals surface area contributed by atoms with Crippen molar-refractivity contribution in [3.05, 3.63) is 72.1 Å². The third-order valence-electron chi connectivity index (χ3n) is 5.90. The Kier molecular flexibility index (Phi) is 8.78. The molecule has 0 radical (unpaired) electrons. The number of hydrogen-bond acceptors (Lipinski definition) is 6. The van der Waals surface area contributed by atoms with Crippen LogP contribution in [0.5, 0.6) is 0 Å². The van der Waals surface area contributed by atoms with E-state index in [0.717, 1.165) is 5.56 Å². The fraction of sp³-hybridized carbons (Fsp3) is 0.348. The van der Waals surface area contributed by atoms with E-state index in [0.29, 0.717) is 12.4 Å². The lowest BCUT2D eigenvalue weighted by Crippen LogP contribution is -2.30. The number of hydrogen-bond donors (Lipinski definition) is 0. The van der Waals surface area contributed by atoms with Crippen LogP contribution in [-0.4, -0.2) is 43.6 Å². The number of nitrogens with zero attached hydrogens (tertiary/aromatic N) is 2. The molecule has 214 valence electrons. The van der Waals surface area contributed by atoms with Crippen LogP contribution in [0.2, 0.25) is 0 Å². The summed E-state index contributed by atoms with van der Waals surface area (Å²) < 4.78 is 141. The quantitative estimate of drug-likeness (QED) is 0.176. The smallest absolute Gasteiger partial charge is 0.321 e. The van der Waals surface area contributed by atoms with Gasteiger partial charge in [0.1, 0.15) is 13.0 Å². The van der Waals surface area contributed by atoms with Crippen molar-refractivity contribution >= 4 is 32.1 Å². The largest absolute Gasteiger partial charge is 0.503 e. The second-order valence-corrected chi connectivity index (χ2v) is 15.4. The molecule has 0 bridgehead atoms. The van der Waals surface area contributed by atoms with Gasteiger partial charge in [-0.3, -0.25) is 0 Å². The molecule has 3 rings (SSSR count). The number of aryl methyl sites for hydroxylation is 1. The maximum absolute atomic E-state index is 14.0. The zero-order chi connectivity index (χ0) is 29.3. The molecule has 0 aliphatic carbocycles. The topological polar surface area (TPSA) is 103 Å². The number of unbranched alkanes of at least 4 members (excludes halogenated alkanes) is 1. The number of halogens is 6. The molecule has 1 atom stereocenters. The van der Waals surface area contributed by atoms with Gasteiger partial charge < -0.3 is 9.13 Å². The lowest BCUT2D eigenvalue weighted by Gasteiger charge is -2.19. The van der Waals surface area contributed by atoms with Crippen molar-refractivity contribution in [3.8, 4) is 0 Å². The van der Waals surface area contributed by atoms with Crippen LogP contribution in [0.25, 0.3) is 0 Å². The average Bonchev–Trinajstić information content (AvgIpc) is 3.19. The number of sulfone groups is 2. The van der Waals surface area contributed by atoms with E-state index in [1.807, 2.05) is 0 Å². The number of rotatable bonds is 10. The maximum Gasteiger partial charge on any atom is 0.503 e. The van der Waals surface area contributed by atoms with E-state index in [-0.39, 0.29) is 36.2 Å². The summed E-state index contributed by atoms with van der Waals surface area (Å²) >= 11 is 0. The fourth-order valence-corrected chi connectivity index (χ4v) is 9.22. The Morgan fingerprint density at radius 1 is 0.795 bits per heavy atom. The first-order chi connectivity index (χ1) is 17.9. The molecule has 1 heterocycles. The minimum atomic E-state index is -6.53. The van der Waals surface area contributed by atoms with E-state index in [9.17, 15) is 47.7 Å². The molecule has 0 saturated carbocycles. The maximum atomic E-state index is 14.0. The molecule has 0 fully saturated rings. The summed E-state index contributed by atoms with van der Waals surface area (Å²) in [7, 11) is -15.4. The molecule has 0 aliphatic heterocycles. The monoisotopic (exact) mass is 616 g/mol. The van der Waals surface area contributed by atoms with Gasteiger partial charge in [0.25, 0.3) is 19.7 Å². The zero-order valence-corrected chi connectivity index (χ0v) is 22.8. The number of alkyl halides is 6. The van der Waals surface area contributed by atoms with Gasteiger partial charge in [-0.1, -0.05) is 60.7 Å². The first kappa shape index (κ1) is 30.9. The Balaban J connectivity index is 1.91. The van der Waals surface area contributed by atoms with Gasteiger partial charge in [0.15, 0.2) is 5.03 Å². The second-order valence-electron chi connectivity index (χ2n) is 8.65. The first-order valence-electron chi connectivity index (χ1n) is 11.3. The van der Waals surface area contributed by atoms with Gasteiger partial charge in [-0.25, -0.2) is 21.8 Å². The Bertz CT molecular complexity index is 1570. The van der Waals surface area contributed by atoms with Crippen LogP contribution in [-0.2, 0) is 43.9 Å². The molecule has 1 aromatic heterocycles. The van der Waals surface area contributed by atoms with Crippen LogP contribution in [0.1, 0.15) is 24.2 Å². The summed E-state index contributed by atoms with van der Waals surface area (Å²) in [5.74, 6) is -0.613. The molecular weight excluding hydrogens is 593 g/mol. The van der Waals surface area contributed by atoms with Crippen molar-refractivity contribution in [2.75, 3.05) is 6.16 Å². The SMILES string of the molecule is Cn1c(CCCCP(=O)(Cc2ccccc2)c2ccccc2)nc(S(=O)(=O)C(F)(F)F)c1S(=O)(=O)C(F)(F)F. The van der Waals surface area contributed by atoms with Crippen LogP contribution in [0.3, 0.4) is 0 Å². The predicted octanol–water partition coefficient (Wildman–Crippen LogP) is 5.22. The van der Waals surface area contributed by atoms with Crippen LogP contribution >= 0.6 is 7.14 Å². The van der Waals surface area contributed by atoms with E-state index >= 15 is 0 Å². The molecule has 0 amide bonds. The molecule has 2 aromatic carbocycles. The van der Waals surface area contributed by atoms with E-state index in [1.54, 1.807) is 60.7 Å². The summed E-state index contributed by atoms with van der Waals surface area (Å²) in [6.45, 7) is 0. The minimum Gasteiger partial charge on any atom is -0.321 e. The number of benzene rings is 2. The molecular formula is C23H23F6N2O5PS2. The molecule has 1 unspecified atom stereocenters. The Morgan fingerprint density at radius 2 is 1.31 bits per heavy atom. The molecule has 16 heteroatoms. The summed E-state index contributed by atoms with van der Waals surface area (Å²) in [4.78, 5) is 3.19. The van der Waals surface area contributed by atoms with Crippen molar-refractivity contribution in [3.63, 3.8) is 0 Å². The van der Waals surface area contributed by atoms with E-state index in [2.05, 4.69) is 4.98 Å². The summed E-state index contributed by atoms with van der Waals surface area (Å²) in [5, 5.41) is -3.76. The molecule has 0 saturated heterocycles. The summed E-state index contributed by atoms with van der Waals surface area (Å²) in [5.41, 5.74) is -11.4. The molecule has 0 N–H and O–H groups in total. The zero-order valence-electron chi connectivity index (χ0n) is 20.3. The minimum absolute atomic E-state index is 0.0213. The highest BCUT2D eigenvalue weighted by atomic mass is 32.2. The van der Waals surface area contributed by atoms with Crippen molar-refractivity contribution in [1.82, 2.24) is 9.55 Å². The van der Waals surface area contributed by atoms with E-state index in [4.69, 9.17) is 0 Å². The van der Waals surface area contributed by atoms with E-state index < -0.39 is 53.7 Å². The van der Waals surface area contributed by atoms with Gasteiger partial charge in [-0.15, -0.1) is 0 Å². The highest BCUT2D eigenvalue weighted by Gasteiger charge is 2.57. The van der Waals surface area contributed by atoms with Crippen LogP contribution in [0.15, 0.2) is 70.7 Å². The highest BCUT2D eigenvalue weighted by Crippen LogP contribution is 2.49. The van der Waals surface area contributed by atoms with Crippen molar-refractivity contribution in [1.29, 1.82) is 0 Å². The van der Waals surface area contributed by atoms with Crippen molar-refractivity contribution in [2.45, 2.75) is 46.5 Å². The number of imidazole rings is 1. The third kappa shape index (κ3) is 6.41. The summed E-state index contributed by atoms with van der Waals surface area (Å²) in [6, 6.07) is 17.5. The first-order valence-corrected chi connectivity index (χ1v) is 16.3. The fourth-order valence-electron chi connectivity index (χ4n) is 3.94. The molecule has 0 aliphatic rings. The Morgan fingerprint density at radius 3 is 1.82 bits per heavy atom. The predicted molar refractivity (Wildman–Crippen MR) is 131 cm³/mol. The lowest BCUT2D eigenvalue weighted by molar-refractivity contribution is -0.0460. The van der Waals surface area contributed by atoms with Gasteiger partial charge in [0, 0.05) is 31.1 Å². The molecule has 0 spiro atoms. The number of aromatic nitrogens is 2. The summed E-state index contributed by atoms with van der Waals surface area (Å²) in [6.07, 6.45) is 0.159. The van der Waals surface area contributed by atoms with Gasteiger partial charge in [0.2, 0.25) is 5.03 Å². The normalized spacial score (nSPS) is 14.7. The Hall–Kier alpha value is -2.64. The van der Waals surface area contributed by atoms with Gasteiger partial charge in [-0.05, 0) is 18.4 Å². The van der Waals surface area contributed by atoms with Gasteiger partial charge in [-0.2, -0.15) is 26.3 Å². The van der Waals surface area contributed by atoms with E-state index in [1.165, 1.54) is 0 Å². The van der Waals surface area contributed by atoms with Crippen molar-refractivity contribution in [2.24, 2.45) is 7.05 Å².